The van der Waals surface area contributed by atoms with Crippen LogP contribution in [-0.4, -0.2) is 52.5 Å². The van der Waals surface area contributed by atoms with Gasteiger partial charge in [0.15, 0.2) is 5.78 Å². The van der Waals surface area contributed by atoms with E-state index in [-0.39, 0.29) is 11.7 Å². The predicted molar refractivity (Wildman–Crippen MR) is 118 cm³/mol. The second-order valence-electron chi connectivity index (χ2n) is 7.44. The quantitative estimate of drug-likeness (QED) is 0.596. The molecule has 0 atom stereocenters. The molecule has 1 aliphatic rings. The maximum atomic E-state index is 13.2. The molecule has 3 aromatic rings. The van der Waals surface area contributed by atoms with Gasteiger partial charge >= 0.3 is 0 Å². The minimum atomic E-state index is -0.0304. The molecule has 0 unspecified atom stereocenters. The molecule has 0 aliphatic carbocycles. The van der Waals surface area contributed by atoms with Crippen LogP contribution in [0.25, 0.3) is 5.69 Å². The fourth-order valence-electron chi connectivity index (χ4n) is 3.67. The summed E-state index contributed by atoms with van der Waals surface area (Å²) in [7, 11) is 0. The zero-order valence-corrected chi connectivity index (χ0v) is 17.8. The van der Waals surface area contributed by atoms with E-state index in [0.29, 0.717) is 29.4 Å². The fraction of sp³-hybridized carbons (Fsp3) is 0.261. The van der Waals surface area contributed by atoms with E-state index in [1.807, 2.05) is 54.3 Å². The van der Waals surface area contributed by atoms with Gasteiger partial charge in [0.1, 0.15) is 5.69 Å². The highest BCUT2D eigenvalue weighted by atomic mass is 35.5. The normalized spacial score (nSPS) is 14.1. The van der Waals surface area contributed by atoms with Crippen LogP contribution in [0.3, 0.4) is 0 Å². The van der Waals surface area contributed by atoms with Gasteiger partial charge in [0, 0.05) is 42.5 Å². The standard InChI is InChI=1S/C23H23ClN4O2/c1-16-15-22(28(25-16)21-9-5-19(24)6-10-21)23(30)27-13-11-26(12-14-27)20-7-3-18(4-8-20)17(2)29/h3-10,15H,11-14H2,1-2H3. The predicted octanol–water partition coefficient (Wildman–Crippen LogP) is 4.00. The molecular weight excluding hydrogens is 400 g/mol. The summed E-state index contributed by atoms with van der Waals surface area (Å²) in [5.41, 5.74) is 3.92. The Balaban J connectivity index is 1.47. The lowest BCUT2D eigenvalue weighted by Crippen LogP contribution is -2.49. The van der Waals surface area contributed by atoms with E-state index in [1.165, 1.54) is 0 Å². The zero-order valence-electron chi connectivity index (χ0n) is 17.0. The number of hydrogen-bond acceptors (Lipinski definition) is 4. The Morgan fingerprint density at radius 2 is 1.50 bits per heavy atom. The third-order valence-electron chi connectivity index (χ3n) is 5.33. The number of nitrogens with zero attached hydrogens (tertiary/aromatic N) is 4. The number of carbonyl (C=O) groups excluding carboxylic acids is 2. The molecule has 2 aromatic carbocycles. The van der Waals surface area contributed by atoms with Crippen molar-refractivity contribution in [3.8, 4) is 5.69 Å². The van der Waals surface area contributed by atoms with E-state index in [2.05, 4.69) is 10.00 Å². The minimum absolute atomic E-state index is 0.0304. The van der Waals surface area contributed by atoms with Crippen LogP contribution >= 0.6 is 11.6 Å². The third-order valence-corrected chi connectivity index (χ3v) is 5.58. The van der Waals surface area contributed by atoms with Crippen molar-refractivity contribution < 1.29 is 9.59 Å². The molecule has 1 amide bonds. The van der Waals surface area contributed by atoms with E-state index < -0.39 is 0 Å². The molecule has 1 saturated heterocycles. The summed E-state index contributed by atoms with van der Waals surface area (Å²) >= 11 is 5.99. The van der Waals surface area contributed by atoms with Crippen LogP contribution < -0.4 is 4.90 Å². The first kappa shape index (κ1) is 20.2. The molecule has 2 heterocycles. The molecule has 30 heavy (non-hydrogen) atoms. The van der Waals surface area contributed by atoms with E-state index in [4.69, 9.17) is 11.6 Å². The Bertz CT molecular complexity index is 1070. The first-order chi connectivity index (χ1) is 14.4. The van der Waals surface area contributed by atoms with E-state index in [9.17, 15) is 9.59 Å². The molecule has 0 radical (unpaired) electrons. The number of halogens is 1. The summed E-state index contributed by atoms with van der Waals surface area (Å²) in [6.45, 7) is 6.16. The highest BCUT2D eigenvalue weighted by Crippen LogP contribution is 2.21. The van der Waals surface area contributed by atoms with Crippen molar-refractivity contribution in [1.29, 1.82) is 0 Å². The topological polar surface area (TPSA) is 58.4 Å². The highest BCUT2D eigenvalue weighted by molar-refractivity contribution is 6.30. The van der Waals surface area contributed by atoms with Gasteiger partial charge in [-0.25, -0.2) is 4.68 Å². The molecule has 6 nitrogen and oxygen atoms in total. The van der Waals surface area contributed by atoms with Crippen molar-refractivity contribution in [3.63, 3.8) is 0 Å². The number of ketones is 1. The number of hydrogen-bond donors (Lipinski definition) is 0. The number of aryl methyl sites for hydroxylation is 1. The fourth-order valence-corrected chi connectivity index (χ4v) is 3.79. The van der Waals surface area contributed by atoms with Gasteiger partial charge in [-0.05, 0) is 68.4 Å². The minimum Gasteiger partial charge on any atom is -0.368 e. The molecule has 0 bridgehead atoms. The van der Waals surface area contributed by atoms with Crippen LogP contribution in [0.4, 0.5) is 5.69 Å². The van der Waals surface area contributed by atoms with Crippen molar-refractivity contribution in [2.45, 2.75) is 13.8 Å². The van der Waals surface area contributed by atoms with Gasteiger partial charge < -0.3 is 9.80 Å². The van der Waals surface area contributed by atoms with Crippen LogP contribution in [0.15, 0.2) is 54.6 Å². The average molecular weight is 423 g/mol. The van der Waals surface area contributed by atoms with Gasteiger partial charge in [-0.2, -0.15) is 5.10 Å². The molecule has 154 valence electrons. The average Bonchev–Trinajstić information content (AvgIpc) is 3.15. The van der Waals surface area contributed by atoms with Gasteiger partial charge in [-0.1, -0.05) is 11.6 Å². The van der Waals surface area contributed by atoms with Crippen LogP contribution in [-0.2, 0) is 0 Å². The summed E-state index contributed by atoms with van der Waals surface area (Å²) < 4.78 is 1.68. The Morgan fingerprint density at radius 1 is 0.900 bits per heavy atom. The summed E-state index contributed by atoms with van der Waals surface area (Å²) in [6, 6.07) is 16.7. The van der Waals surface area contributed by atoms with Crippen molar-refractivity contribution in [2.24, 2.45) is 0 Å². The first-order valence-electron chi connectivity index (χ1n) is 9.90. The Labute approximate surface area is 180 Å². The van der Waals surface area contributed by atoms with Crippen LogP contribution in [0, 0.1) is 6.92 Å². The Morgan fingerprint density at radius 3 is 2.10 bits per heavy atom. The molecule has 4 rings (SSSR count). The van der Waals surface area contributed by atoms with Crippen molar-refractivity contribution in [3.05, 3.63) is 76.6 Å². The number of benzene rings is 2. The van der Waals surface area contributed by atoms with Crippen LogP contribution in [0.5, 0.6) is 0 Å². The largest absolute Gasteiger partial charge is 0.368 e. The van der Waals surface area contributed by atoms with Gasteiger partial charge in [-0.15, -0.1) is 0 Å². The molecular formula is C23H23ClN4O2. The lowest BCUT2D eigenvalue weighted by molar-refractivity contribution is 0.0737. The van der Waals surface area contributed by atoms with Crippen LogP contribution in [0.2, 0.25) is 5.02 Å². The lowest BCUT2D eigenvalue weighted by Gasteiger charge is -2.36. The number of carbonyl (C=O) groups is 2. The number of aromatic nitrogens is 2. The summed E-state index contributed by atoms with van der Waals surface area (Å²) in [5.74, 6) is 0.0293. The number of rotatable bonds is 4. The third kappa shape index (κ3) is 4.09. The molecule has 0 saturated carbocycles. The number of Topliss-reactive ketones (excluding diaryl/α,β-unsaturated/α-hetero) is 1. The Kier molecular flexibility index (Phi) is 5.59. The number of amides is 1. The van der Waals surface area contributed by atoms with E-state index >= 15 is 0 Å². The number of piperazine rings is 1. The smallest absolute Gasteiger partial charge is 0.272 e. The maximum absolute atomic E-state index is 13.2. The number of anilines is 1. The van der Waals surface area contributed by atoms with Crippen LogP contribution in [0.1, 0.15) is 33.5 Å². The summed E-state index contributed by atoms with van der Waals surface area (Å²) in [5, 5.41) is 5.14. The Hall–Kier alpha value is -3.12. The second kappa shape index (κ2) is 8.32. The summed E-state index contributed by atoms with van der Waals surface area (Å²) in [4.78, 5) is 28.8. The van der Waals surface area contributed by atoms with Crippen molar-refractivity contribution in [1.82, 2.24) is 14.7 Å². The molecule has 0 spiro atoms. The molecule has 1 fully saturated rings. The van der Waals surface area contributed by atoms with Crippen molar-refractivity contribution >= 4 is 29.0 Å². The highest BCUT2D eigenvalue weighted by Gasteiger charge is 2.25. The molecule has 1 aliphatic heterocycles. The molecule has 7 heteroatoms. The van der Waals surface area contributed by atoms with Gasteiger partial charge in [0.25, 0.3) is 5.91 Å². The monoisotopic (exact) mass is 422 g/mol. The van der Waals surface area contributed by atoms with E-state index in [1.54, 1.807) is 23.7 Å². The SMILES string of the molecule is CC(=O)c1ccc(N2CCN(C(=O)c3cc(C)nn3-c3ccc(Cl)cc3)CC2)cc1. The van der Waals surface area contributed by atoms with E-state index in [0.717, 1.165) is 30.2 Å². The van der Waals surface area contributed by atoms with Crippen molar-refractivity contribution in [2.75, 3.05) is 31.1 Å². The lowest BCUT2D eigenvalue weighted by atomic mass is 10.1. The van der Waals surface area contributed by atoms with Gasteiger partial charge in [0.2, 0.25) is 0 Å². The van der Waals surface area contributed by atoms with Gasteiger partial charge in [-0.3, -0.25) is 9.59 Å². The second-order valence-corrected chi connectivity index (χ2v) is 7.88. The summed E-state index contributed by atoms with van der Waals surface area (Å²) in [6.07, 6.45) is 0. The molecule has 1 aromatic heterocycles. The maximum Gasteiger partial charge on any atom is 0.272 e. The molecule has 0 N–H and O–H groups in total. The van der Waals surface area contributed by atoms with Gasteiger partial charge in [0.05, 0.1) is 11.4 Å². The zero-order chi connectivity index (χ0) is 21.3. The first-order valence-corrected chi connectivity index (χ1v) is 10.3.